The number of hydrogen-bond donors (Lipinski definition) is 0. The average molecular weight is 571 g/mol. The van der Waals surface area contributed by atoms with Gasteiger partial charge in [-0.1, -0.05) is 43.7 Å². The van der Waals surface area contributed by atoms with Crippen LogP contribution in [-0.4, -0.2) is 45.8 Å². The number of nitrogens with zero attached hydrogens (tertiary/aromatic N) is 6. The molecule has 0 unspecified atom stereocenters. The van der Waals surface area contributed by atoms with Gasteiger partial charge in [0.2, 0.25) is 5.88 Å². The first-order valence-corrected chi connectivity index (χ1v) is 15.2. The smallest absolute Gasteiger partial charge is 0.268 e. The van der Waals surface area contributed by atoms with Gasteiger partial charge in [-0.2, -0.15) is 10.1 Å². The van der Waals surface area contributed by atoms with Crippen molar-refractivity contribution >= 4 is 26.7 Å². The van der Waals surface area contributed by atoms with E-state index < -0.39 is 10.0 Å². The van der Waals surface area contributed by atoms with Gasteiger partial charge in [0.05, 0.1) is 41.0 Å². The normalized spacial score (nSPS) is 13.7. The Balaban J connectivity index is 1.42. The first-order chi connectivity index (χ1) is 19.6. The van der Waals surface area contributed by atoms with Gasteiger partial charge in [-0.05, 0) is 43.5 Å². The molecule has 0 atom stereocenters. The van der Waals surface area contributed by atoms with E-state index in [9.17, 15) is 8.42 Å². The van der Waals surface area contributed by atoms with Gasteiger partial charge in [-0.15, -0.1) is 0 Å². The number of anilines is 1. The molecule has 2 aromatic carbocycles. The molecular formula is C31H34N6O3S. The topological polar surface area (TPSA) is 95.1 Å². The third kappa shape index (κ3) is 4.56. The van der Waals surface area contributed by atoms with Crippen LogP contribution in [0.5, 0.6) is 5.88 Å². The number of aryl methyl sites for hydroxylation is 3. The molecule has 1 aliphatic rings. The fraction of sp³-hybridized carbons (Fsp3) is 0.323. The first-order valence-electron chi connectivity index (χ1n) is 13.7. The summed E-state index contributed by atoms with van der Waals surface area (Å²) in [6.07, 6.45) is 2.40. The molecule has 6 rings (SSSR count). The molecule has 41 heavy (non-hydrogen) atoms. The standard InChI is InChI=1S/C31H34N6O3S/c1-19(2)26-16-28(35(5)34-26)36-15-14-25-24(18-36)31(40-6)33-30(32-25)23-8-7-9-27-29(23)21(4)17-37(27)41(38,39)22-12-10-20(3)11-13-22/h7-13,16-17,19H,14-15,18H2,1-6H3. The van der Waals surface area contributed by atoms with Crippen LogP contribution >= 0.6 is 0 Å². The van der Waals surface area contributed by atoms with Crippen molar-refractivity contribution < 1.29 is 13.2 Å². The lowest BCUT2D eigenvalue weighted by Gasteiger charge is -2.30. The van der Waals surface area contributed by atoms with Gasteiger partial charge in [0.25, 0.3) is 10.0 Å². The van der Waals surface area contributed by atoms with Crippen LogP contribution in [-0.2, 0) is 30.0 Å². The van der Waals surface area contributed by atoms with Crippen molar-refractivity contribution in [3.8, 4) is 17.3 Å². The Morgan fingerprint density at radius 1 is 1.02 bits per heavy atom. The van der Waals surface area contributed by atoms with E-state index in [0.717, 1.165) is 57.8 Å². The Morgan fingerprint density at radius 2 is 1.78 bits per heavy atom. The summed E-state index contributed by atoms with van der Waals surface area (Å²) < 4.78 is 36.3. The summed E-state index contributed by atoms with van der Waals surface area (Å²) in [4.78, 5) is 12.4. The van der Waals surface area contributed by atoms with E-state index in [4.69, 9.17) is 14.7 Å². The number of rotatable bonds is 6. The van der Waals surface area contributed by atoms with Crippen molar-refractivity contribution in [3.63, 3.8) is 0 Å². The van der Waals surface area contributed by atoms with Gasteiger partial charge >= 0.3 is 0 Å². The van der Waals surface area contributed by atoms with Crippen LogP contribution in [0.4, 0.5) is 5.82 Å². The number of benzene rings is 2. The lowest BCUT2D eigenvalue weighted by molar-refractivity contribution is 0.388. The summed E-state index contributed by atoms with van der Waals surface area (Å²) in [5.41, 5.74) is 6.15. The molecule has 212 valence electrons. The Labute approximate surface area is 240 Å². The highest BCUT2D eigenvalue weighted by Crippen LogP contribution is 2.36. The molecule has 10 heteroatoms. The molecular weight excluding hydrogens is 536 g/mol. The summed E-state index contributed by atoms with van der Waals surface area (Å²) in [6, 6.07) is 14.7. The Morgan fingerprint density at radius 3 is 2.46 bits per heavy atom. The van der Waals surface area contributed by atoms with Crippen molar-refractivity contribution in [2.24, 2.45) is 7.05 Å². The minimum absolute atomic E-state index is 0.246. The van der Waals surface area contributed by atoms with Gasteiger partial charge < -0.3 is 9.64 Å². The maximum atomic E-state index is 13.6. The number of ether oxygens (including phenoxy) is 1. The van der Waals surface area contributed by atoms with E-state index in [-0.39, 0.29) is 4.90 Å². The summed E-state index contributed by atoms with van der Waals surface area (Å²) in [7, 11) is -0.187. The minimum atomic E-state index is -3.79. The zero-order valence-corrected chi connectivity index (χ0v) is 25.0. The van der Waals surface area contributed by atoms with Crippen LogP contribution in [0, 0.1) is 13.8 Å². The van der Waals surface area contributed by atoms with Gasteiger partial charge in [0.1, 0.15) is 5.82 Å². The maximum absolute atomic E-state index is 13.6. The second-order valence-corrected chi connectivity index (χ2v) is 12.8. The molecule has 0 spiro atoms. The van der Waals surface area contributed by atoms with Crippen molar-refractivity contribution in [2.75, 3.05) is 18.6 Å². The second-order valence-electron chi connectivity index (χ2n) is 11.0. The van der Waals surface area contributed by atoms with E-state index in [1.165, 1.54) is 3.97 Å². The number of hydrogen-bond acceptors (Lipinski definition) is 7. The summed E-state index contributed by atoms with van der Waals surface area (Å²) in [6.45, 7) is 9.54. The Hall–Kier alpha value is -4.18. The molecule has 0 bridgehead atoms. The molecule has 3 aromatic heterocycles. The molecule has 0 amide bonds. The van der Waals surface area contributed by atoms with Crippen LogP contribution in [0.3, 0.4) is 0 Å². The second kappa shape index (κ2) is 10.0. The molecule has 0 saturated heterocycles. The van der Waals surface area contributed by atoms with Gasteiger partial charge in [0, 0.05) is 43.2 Å². The Kier molecular flexibility index (Phi) is 6.60. The number of aromatic nitrogens is 5. The van der Waals surface area contributed by atoms with Gasteiger partial charge in [-0.25, -0.2) is 17.4 Å². The SMILES string of the molecule is COc1nc(-c2cccc3c2c(C)cn3S(=O)(=O)c2ccc(C)cc2)nc2c1CN(c1cc(C(C)C)nn1C)CC2. The van der Waals surface area contributed by atoms with Gasteiger partial charge in [0.15, 0.2) is 5.82 Å². The van der Waals surface area contributed by atoms with Crippen LogP contribution in [0.2, 0.25) is 0 Å². The lowest BCUT2D eigenvalue weighted by Crippen LogP contribution is -2.33. The third-order valence-corrected chi connectivity index (χ3v) is 9.50. The number of methoxy groups -OCH3 is 1. The molecule has 9 nitrogen and oxygen atoms in total. The van der Waals surface area contributed by atoms with Crippen molar-refractivity contribution in [2.45, 2.75) is 51.5 Å². The van der Waals surface area contributed by atoms with E-state index >= 15 is 0 Å². The lowest BCUT2D eigenvalue weighted by atomic mass is 10.0. The van der Waals surface area contributed by atoms with E-state index in [1.807, 2.05) is 55.9 Å². The molecule has 4 heterocycles. The highest BCUT2D eigenvalue weighted by Gasteiger charge is 2.27. The van der Waals surface area contributed by atoms with Crippen LogP contribution in [0.25, 0.3) is 22.3 Å². The predicted molar refractivity (Wildman–Crippen MR) is 160 cm³/mol. The molecule has 1 aliphatic heterocycles. The zero-order valence-electron chi connectivity index (χ0n) is 24.2. The highest BCUT2D eigenvalue weighted by molar-refractivity contribution is 7.90. The largest absolute Gasteiger partial charge is 0.481 e. The fourth-order valence-corrected chi connectivity index (χ4v) is 7.00. The van der Waals surface area contributed by atoms with E-state index in [0.29, 0.717) is 29.7 Å². The Bertz CT molecular complexity index is 1870. The first kappa shape index (κ1) is 27.0. The molecule has 0 N–H and O–H groups in total. The molecule has 5 aromatic rings. The monoisotopic (exact) mass is 570 g/mol. The molecule has 0 aliphatic carbocycles. The third-order valence-electron chi connectivity index (χ3n) is 7.81. The highest BCUT2D eigenvalue weighted by atomic mass is 32.2. The predicted octanol–water partition coefficient (Wildman–Crippen LogP) is 5.38. The van der Waals surface area contributed by atoms with Crippen molar-refractivity contribution in [1.82, 2.24) is 23.7 Å². The summed E-state index contributed by atoms with van der Waals surface area (Å²) >= 11 is 0. The van der Waals surface area contributed by atoms with Crippen LogP contribution in [0.15, 0.2) is 59.6 Å². The summed E-state index contributed by atoms with van der Waals surface area (Å²) in [5.74, 6) is 2.46. The quantitative estimate of drug-likeness (QED) is 0.270. The van der Waals surface area contributed by atoms with Crippen molar-refractivity contribution in [3.05, 3.63) is 82.8 Å². The van der Waals surface area contributed by atoms with Gasteiger partial charge in [-0.3, -0.25) is 4.68 Å². The zero-order chi connectivity index (χ0) is 29.1. The fourth-order valence-electron chi connectivity index (χ4n) is 5.58. The molecule has 0 saturated carbocycles. The molecule has 0 fully saturated rings. The van der Waals surface area contributed by atoms with Crippen LogP contribution < -0.4 is 9.64 Å². The maximum Gasteiger partial charge on any atom is 0.268 e. The van der Waals surface area contributed by atoms with E-state index in [1.54, 1.807) is 25.4 Å². The molecule has 0 radical (unpaired) electrons. The average Bonchev–Trinajstić information content (AvgIpc) is 3.53. The van der Waals surface area contributed by atoms with Crippen molar-refractivity contribution in [1.29, 1.82) is 0 Å². The van der Waals surface area contributed by atoms with E-state index in [2.05, 4.69) is 29.9 Å². The minimum Gasteiger partial charge on any atom is -0.481 e. The number of fused-ring (bicyclic) bond motifs is 2. The summed E-state index contributed by atoms with van der Waals surface area (Å²) in [5, 5.41) is 5.49. The van der Waals surface area contributed by atoms with Crippen LogP contribution in [0.1, 0.15) is 47.8 Å².